The smallest absolute Gasteiger partial charge is 0.226 e. The molecule has 0 bridgehead atoms. The van der Waals surface area contributed by atoms with Crippen LogP contribution in [0.5, 0.6) is 5.75 Å². The average Bonchev–Trinajstić information content (AvgIpc) is 2.89. The summed E-state index contributed by atoms with van der Waals surface area (Å²) >= 11 is 0. The molecule has 0 radical (unpaired) electrons. The molecule has 5 heteroatoms. The van der Waals surface area contributed by atoms with Crippen LogP contribution in [-0.2, 0) is 24.2 Å². The maximum atomic E-state index is 12.9. The molecular weight excluding hydrogens is 412 g/mol. The number of ether oxygens (including phenoxy) is 1. The van der Waals surface area contributed by atoms with Crippen LogP contribution in [0.25, 0.3) is 11.1 Å². The van der Waals surface area contributed by atoms with Gasteiger partial charge < -0.3 is 14.7 Å². The molecular formula is C28H30N2O3. The number of carbonyl (C=O) groups excluding carboxylic acids is 1. The lowest BCUT2D eigenvalue weighted by molar-refractivity contribution is -0.131. The van der Waals surface area contributed by atoms with Crippen LogP contribution in [0.3, 0.4) is 0 Å². The van der Waals surface area contributed by atoms with E-state index < -0.39 is 0 Å². The zero-order valence-electron chi connectivity index (χ0n) is 18.9. The number of nitrogens with zero attached hydrogens (tertiary/aromatic N) is 2. The highest BCUT2D eigenvalue weighted by Crippen LogP contribution is 2.31. The van der Waals surface area contributed by atoms with Gasteiger partial charge >= 0.3 is 0 Å². The minimum Gasteiger partial charge on any atom is -0.493 e. The molecule has 1 aromatic heterocycles. The summed E-state index contributed by atoms with van der Waals surface area (Å²) in [6, 6.07) is 18.7. The molecule has 2 aliphatic rings. The molecule has 1 N–H and O–H groups in total. The Morgan fingerprint density at radius 1 is 1.03 bits per heavy atom. The van der Waals surface area contributed by atoms with Gasteiger partial charge in [0.15, 0.2) is 0 Å². The minimum absolute atomic E-state index is 0.0390. The van der Waals surface area contributed by atoms with Crippen molar-refractivity contribution in [1.82, 2.24) is 9.88 Å². The summed E-state index contributed by atoms with van der Waals surface area (Å²) in [7, 11) is 0. The SMILES string of the molecule is O=C(Cc1ccc2c(c1)CCCO2)N1CCC(c2ccc(-c3ccc(CO)nc3)cc2)CC1. The highest BCUT2D eigenvalue weighted by atomic mass is 16.5. The van der Waals surface area contributed by atoms with Gasteiger partial charge in [0, 0.05) is 24.8 Å². The Kier molecular flexibility index (Phi) is 6.40. The van der Waals surface area contributed by atoms with Crippen molar-refractivity contribution >= 4 is 5.91 Å². The zero-order valence-corrected chi connectivity index (χ0v) is 18.9. The van der Waals surface area contributed by atoms with Crippen molar-refractivity contribution in [2.75, 3.05) is 19.7 Å². The summed E-state index contributed by atoms with van der Waals surface area (Å²) in [6.45, 7) is 2.37. The summed E-state index contributed by atoms with van der Waals surface area (Å²) in [4.78, 5) is 19.2. The summed E-state index contributed by atoms with van der Waals surface area (Å²) in [6.07, 6.45) is 6.35. The van der Waals surface area contributed by atoms with Crippen LogP contribution in [0.15, 0.2) is 60.8 Å². The number of hydrogen-bond donors (Lipinski definition) is 1. The lowest BCUT2D eigenvalue weighted by atomic mass is 9.88. The van der Waals surface area contributed by atoms with Gasteiger partial charge in [0.05, 0.1) is 25.3 Å². The van der Waals surface area contributed by atoms with Gasteiger partial charge in [0.2, 0.25) is 5.91 Å². The Hall–Kier alpha value is -3.18. The Labute approximate surface area is 195 Å². The molecule has 1 amide bonds. The van der Waals surface area contributed by atoms with E-state index >= 15 is 0 Å². The van der Waals surface area contributed by atoms with Crippen molar-refractivity contribution < 1.29 is 14.6 Å². The molecule has 2 aliphatic heterocycles. The minimum atomic E-state index is -0.0390. The van der Waals surface area contributed by atoms with Crippen molar-refractivity contribution in [2.45, 2.75) is 44.6 Å². The van der Waals surface area contributed by atoms with Crippen LogP contribution >= 0.6 is 0 Å². The van der Waals surface area contributed by atoms with Crippen LogP contribution in [0.2, 0.25) is 0 Å². The van der Waals surface area contributed by atoms with Gasteiger partial charge in [-0.2, -0.15) is 0 Å². The van der Waals surface area contributed by atoms with Gasteiger partial charge in [-0.1, -0.05) is 42.5 Å². The first-order chi connectivity index (χ1) is 16.2. The molecule has 170 valence electrons. The van der Waals surface area contributed by atoms with Crippen LogP contribution in [0.1, 0.15) is 47.6 Å². The summed E-state index contributed by atoms with van der Waals surface area (Å²) < 4.78 is 5.69. The number of aliphatic hydroxyl groups is 1. The fourth-order valence-corrected chi connectivity index (χ4v) is 4.91. The molecule has 0 unspecified atom stereocenters. The molecule has 1 saturated heterocycles. The monoisotopic (exact) mass is 442 g/mol. The maximum absolute atomic E-state index is 12.9. The van der Waals surface area contributed by atoms with E-state index in [9.17, 15) is 4.79 Å². The molecule has 5 nitrogen and oxygen atoms in total. The number of amides is 1. The van der Waals surface area contributed by atoms with E-state index in [0.717, 1.165) is 67.8 Å². The van der Waals surface area contributed by atoms with Crippen molar-refractivity contribution in [1.29, 1.82) is 0 Å². The first-order valence-corrected chi connectivity index (χ1v) is 11.9. The Morgan fingerprint density at radius 2 is 1.82 bits per heavy atom. The third-order valence-electron chi connectivity index (χ3n) is 6.88. The molecule has 5 rings (SSSR count). The van der Waals surface area contributed by atoms with Gasteiger partial charge in [-0.25, -0.2) is 0 Å². The number of aromatic nitrogens is 1. The van der Waals surface area contributed by atoms with E-state index in [2.05, 4.69) is 35.3 Å². The number of aryl methyl sites for hydroxylation is 1. The first-order valence-electron chi connectivity index (χ1n) is 11.9. The summed E-state index contributed by atoms with van der Waals surface area (Å²) in [5.74, 6) is 1.68. The molecule has 3 heterocycles. The predicted octanol–water partition coefficient (Wildman–Crippen LogP) is 4.51. The fraction of sp³-hybridized carbons (Fsp3) is 0.357. The van der Waals surface area contributed by atoms with Gasteiger partial charge in [0.1, 0.15) is 5.75 Å². The number of pyridine rings is 1. The maximum Gasteiger partial charge on any atom is 0.226 e. The highest BCUT2D eigenvalue weighted by molar-refractivity contribution is 5.79. The number of aliphatic hydroxyl groups excluding tert-OH is 1. The van der Waals surface area contributed by atoms with Gasteiger partial charge in [-0.15, -0.1) is 0 Å². The average molecular weight is 443 g/mol. The summed E-state index contributed by atoms with van der Waals surface area (Å²) in [5, 5.41) is 9.16. The van der Waals surface area contributed by atoms with Gasteiger partial charge in [-0.3, -0.25) is 9.78 Å². The Morgan fingerprint density at radius 3 is 2.55 bits per heavy atom. The molecule has 0 spiro atoms. The van der Waals surface area contributed by atoms with E-state index in [1.54, 1.807) is 6.20 Å². The van der Waals surface area contributed by atoms with Crippen LogP contribution in [0.4, 0.5) is 0 Å². The third kappa shape index (κ3) is 4.93. The van der Waals surface area contributed by atoms with Crippen molar-refractivity contribution in [3.05, 3.63) is 83.2 Å². The number of likely N-dealkylation sites (tertiary alicyclic amines) is 1. The third-order valence-corrected chi connectivity index (χ3v) is 6.88. The molecule has 0 aliphatic carbocycles. The van der Waals surface area contributed by atoms with Gasteiger partial charge in [0.25, 0.3) is 0 Å². The molecule has 2 aromatic carbocycles. The van der Waals surface area contributed by atoms with Crippen LogP contribution in [0, 0.1) is 0 Å². The summed E-state index contributed by atoms with van der Waals surface area (Å²) in [5.41, 5.74) is 6.50. The van der Waals surface area contributed by atoms with E-state index in [1.165, 1.54) is 11.1 Å². The van der Waals surface area contributed by atoms with E-state index in [0.29, 0.717) is 18.0 Å². The molecule has 0 saturated carbocycles. The number of benzene rings is 2. The molecule has 3 aromatic rings. The second-order valence-electron chi connectivity index (χ2n) is 9.04. The largest absolute Gasteiger partial charge is 0.493 e. The Bertz CT molecular complexity index is 1100. The van der Waals surface area contributed by atoms with Crippen molar-refractivity contribution in [2.24, 2.45) is 0 Å². The van der Waals surface area contributed by atoms with Crippen LogP contribution < -0.4 is 4.74 Å². The lowest BCUT2D eigenvalue weighted by Crippen LogP contribution is -2.38. The molecule has 33 heavy (non-hydrogen) atoms. The van der Waals surface area contributed by atoms with Gasteiger partial charge in [-0.05, 0) is 66.0 Å². The topological polar surface area (TPSA) is 62.7 Å². The number of piperidine rings is 1. The molecule has 0 atom stereocenters. The van der Waals surface area contributed by atoms with E-state index in [1.807, 2.05) is 29.2 Å². The van der Waals surface area contributed by atoms with Crippen molar-refractivity contribution in [3.63, 3.8) is 0 Å². The zero-order chi connectivity index (χ0) is 22.6. The van der Waals surface area contributed by atoms with Crippen molar-refractivity contribution in [3.8, 4) is 16.9 Å². The number of carbonyl (C=O) groups is 1. The van der Waals surface area contributed by atoms with E-state index in [4.69, 9.17) is 9.84 Å². The van der Waals surface area contributed by atoms with E-state index in [-0.39, 0.29) is 12.5 Å². The fourth-order valence-electron chi connectivity index (χ4n) is 4.91. The predicted molar refractivity (Wildman–Crippen MR) is 128 cm³/mol. The number of rotatable bonds is 5. The quantitative estimate of drug-likeness (QED) is 0.631. The second kappa shape index (κ2) is 9.75. The standard InChI is InChI=1S/C28H30N2O3/c31-19-26-9-8-25(18-29-26)22-6-4-21(5-7-22)23-11-13-30(14-12-23)28(32)17-20-3-10-27-24(16-20)2-1-15-33-27/h3-10,16,18,23,31H,1-2,11-15,17,19H2. The lowest BCUT2D eigenvalue weighted by Gasteiger charge is -2.32. The second-order valence-corrected chi connectivity index (χ2v) is 9.04. The highest BCUT2D eigenvalue weighted by Gasteiger charge is 2.24. The number of fused-ring (bicyclic) bond motifs is 1. The first kappa shape index (κ1) is 21.7. The van der Waals surface area contributed by atoms with Crippen LogP contribution in [-0.4, -0.2) is 40.6 Å². The Balaban J connectivity index is 1.16. The normalized spacial score (nSPS) is 16.2. The molecule has 1 fully saturated rings. The number of hydrogen-bond acceptors (Lipinski definition) is 4.